The van der Waals surface area contributed by atoms with Gasteiger partial charge < -0.3 is 4.74 Å². The number of carbonyl (C=O) groups excluding carboxylic acids is 2. The molecule has 0 unspecified atom stereocenters. The highest BCUT2D eigenvalue weighted by atomic mass is 16.5. The van der Waals surface area contributed by atoms with Crippen LogP contribution in [0, 0.1) is 34.5 Å². The predicted molar refractivity (Wildman–Crippen MR) is 134 cm³/mol. The van der Waals surface area contributed by atoms with Gasteiger partial charge in [-0.1, -0.05) is 65.7 Å². The predicted octanol–water partition coefficient (Wildman–Crippen LogP) is 8.04. The number of hydrogen-bond donors (Lipinski definition) is 0. The third-order valence-electron chi connectivity index (χ3n) is 10.9. The summed E-state index contributed by atoms with van der Waals surface area (Å²) in [7, 11) is 0. The van der Waals surface area contributed by atoms with Crippen LogP contribution in [-0.4, -0.2) is 17.9 Å². The first kappa shape index (κ1) is 25.2. The first-order valence-corrected chi connectivity index (χ1v) is 14.6. The zero-order valence-electron chi connectivity index (χ0n) is 21.8. The van der Waals surface area contributed by atoms with Crippen LogP contribution in [-0.2, 0) is 14.3 Å². The number of hydrogen-bond acceptors (Lipinski definition) is 3. The van der Waals surface area contributed by atoms with E-state index in [9.17, 15) is 9.59 Å². The second-order valence-electron chi connectivity index (χ2n) is 12.7. The van der Waals surface area contributed by atoms with Gasteiger partial charge in [0.2, 0.25) is 0 Å². The fourth-order valence-corrected chi connectivity index (χ4v) is 8.81. The topological polar surface area (TPSA) is 43.4 Å². The summed E-state index contributed by atoms with van der Waals surface area (Å²) >= 11 is 0. The van der Waals surface area contributed by atoms with Crippen LogP contribution in [0.1, 0.15) is 136 Å². The molecular weight excluding hydrogens is 408 g/mol. The Morgan fingerprint density at radius 2 is 1.55 bits per heavy atom. The van der Waals surface area contributed by atoms with Crippen molar-refractivity contribution < 1.29 is 14.3 Å². The zero-order valence-corrected chi connectivity index (χ0v) is 21.8. The van der Waals surface area contributed by atoms with E-state index < -0.39 is 0 Å². The number of carbonyl (C=O) groups is 2. The van der Waals surface area contributed by atoms with Gasteiger partial charge in [0.05, 0.1) is 0 Å². The normalized spacial score (nSPS) is 40.1. The van der Waals surface area contributed by atoms with E-state index in [1.807, 2.05) is 0 Å². The first-order chi connectivity index (χ1) is 15.9. The van der Waals surface area contributed by atoms with E-state index in [0.29, 0.717) is 29.5 Å². The second kappa shape index (κ2) is 10.8. The number of esters is 1. The molecule has 4 rings (SSSR count). The molecular formula is C30H50O3. The van der Waals surface area contributed by atoms with E-state index >= 15 is 0 Å². The molecule has 0 saturated heterocycles. The highest BCUT2D eigenvalue weighted by molar-refractivity contribution is 5.79. The van der Waals surface area contributed by atoms with E-state index in [1.54, 1.807) is 0 Å². The van der Waals surface area contributed by atoms with Crippen LogP contribution in [0.2, 0.25) is 0 Å². The molecule has 0 amide bonds. The lowest BCUT2D eigenvalue weighted by Gasteiger charge is -2.60. The van der Waals surface area contributed by atoms with Gasteiger partial charge in [-0.3, -0.25) is 9.59 Å². The van der Waals surface area contributed by atoms with Crippen LogP contribution in [0.15, 0.2) is 0 Å². The van der Waals surface area contributed by atoms with Gasteiger partial charge in [0.25, 0.3) is 0 Å². The molecule has 0 N–H and O–H groups in total. The average Bonchev–Trinajstić information content (AvgIpc) is 3.12. The Morgan fingerprint density at radius 1 is 0.848 bits per heavy atom. The summed E-state index contributed by atoms with van der Waals surface area (Å²) in [6.07, 6.45) is 20.8. The monoisotopic (exact) mass is 458 g/mol. The van der Waals surface area contributed by atoms with Crippen molar-refractivity contribution in [2.75, 3.05) is 0 Å². The SMILES string of the molecule is CCCCCCCCCCC(=O)O[C@@H]1CC[C@@H]2[C@H]3CC[C@@H]4CC(=O)CC[C@@]4(C)[C@@H]3CC[C@]21C. The molecule has 0 radical (unpaired) electrons. The second-order valence-corrected chi connectivity index (χ2v) is 12.7. The summed E-state index contributed by atoms with van der Waals surface area (Å²) in [4.78, 5) is 24.8. The summed E-state index contributed by atoms with van der Waals surface area (Å²) in [6.45, 7) is 7.21. The average molecular weight is 459 g/mol. The van der Waals surface area contributed by atoms with Gasteiger partial charge in [0.1, 0.15) is 11.9 Å². The molecule has 33 heavy (non-hydrogen) atoms. The molecule has 4 aliphatic rings. The van der Waals surface area contributed by atoms with Crippen molar-refractivity contribution in [2.45, 2.75) is 142 Å². The fraction of sp³-hybridized carbons (Fsp3) is 0.933. The van der Waals surface area contributed by atoms with E-state index in [2.05, 4.69) is 20.8 Å². The van der Waals surface area contributed by atoms with Crippen LogP contribution in [0.25, 0.3) is 0 Å². The number of rotatable bonds is 10. The summed E-state index contributed by atoms with van der Waals surface area (Å²) in [5, 5.41) is 0. The van der Waals surface area contributed by atoms with E-state index in [1.165, 1.54) is 70.6 Å². The molecule has 0 spiro atoms. The van der Waals surface area contributed by atoms with Crippen molar-refractivity contribution in [1.82, 2.24) is 0 Å². The molecule has 0 aliphatic heterocycles. The van der Waals surface area contributed by atoms with Crippen LogP contribution >= 0.6 is 0 Å². The van der Waals surface area contributed by atoms with E-state index in [0.717, 1.165) is 50.4 Å². The molecule has 7 atom stereocenters. The first-order valence-electron chi connectivity index (χ1n) is 14.6. The minimum Gasteiger partial charge on any atom is -0.462 e. The Kier molecular flexibility index (Phi) is 8.27. The summed E-state index contributed by atoms with van der Waals surface area (Å²) < 4.78 is 6.19. The lowest BCUT2D eigenvalue weighted by atomic mass is 9.45. The Balaban J connectivity index is 1.26. The summed E-state index contributed by atoms with van der Waals surface area (Å²) in [5.74, 6) is 3.42. The summed E-state index contributed by atoms with van der Waals surface area (Å²) in [6, 6.07) is 0. The van der Waals surface area contributed by atoms with Crippen LogP contribution in [0.4, 0.5) is 0 Å². The molecule has 4 saturated carbocycles. The largest absolute Gasteiger partial charge is 0.462 e. The van der Waals surface area contributed by atoms with Gasteiger partial charge in [0, 0.05) is 24.7 Å². The van der Waals surface area contributed by atoms with Gasteiger partial charge >= 0.3 is 5.97 Å². The zero-order chi connectivity index (χ0) is 23.5. The quantitative estimate of drug-likeness (QED) is 0.246. The molecule has 0 aromatic heterocycles. The lowest BCUT2D eigenvalue weighted by Crippen LogP contribution is -2.54. The number of ether oxygens (including phenoxy) is 1. The number of Topliss-reactive ketones (excluding diaryl/α,β-unsaturated/α-hetero) is 1. The standard InChI is InChI=1S/C30H50O3/c1-4-5-6-7-8-9-10-11-12-28(32)33-27-16-15-25-24-14-13-22-21-23(31)17-19-29(22,2)26(24)18-20-30(25,27)3/h22,24-27H,4-21H2,1-3H3/t22-,24-,25-,26-,27-,29-,30-/m1/s1. The molecule has 188 valence electrons. The maximum absolute atomic E-state index is 12.7. The van der Waals surface area contributed by atoms with Crippen molar-refractivity contribution in [3.63, 3.8) is 0 Å². The van der Waals surface area contributed by atoms with Crippen LogP contribution < -0.4 is 0 Å². The van der Waals surface area contributed by atoms with Crippen molar-refractivity contribution in [3.05, 3.63) is 0 Å². The highest BCUT2D eigenvalue weighted by Gasteiger charge is 2.61. The maximum Gasteiger partial charge on any atom is 0.306 e. The Labute approximate surface area is 203 Å². The van der Waals surface area contributed by atoms with E-state index in [-0.39, 0.29) is 17.5 Å². The number of ketones is 1. The fourth-order valence-electron chi connectivity index (χ4n) is 8.81. The molecule has 0 bridgehead atoms. The molecule has 0 aromatic carbocycles. The molecule has 0 heterocycles. The third kappa shape index (κ3) is 5.22. The smallest absolute Gasteiger partial charge is 0.306 e. The molecule has 3 heteroatoms. The maximum atomic E-state index is 12.7. The molecule has 3 nitrogen and oxygen atoms in total. The molecule has 4 fully saturated rings. The Hall–Kier alpha value is -0.860. The molecule has 4 aliphatic carbocycles. The van der Waals surface area contributed by atoms with Gasteiger partial charge in [-0.15, -0.1) is 0 Å². The van der Waals surface area contributed by atoms with Gasteiger partial charge in [-0.2, -0.15) is 0 Å². The van der Waals surface area contributed by atoms with Crippen molar-refractivity contribution in [3.8, 4) is 0 Å². The van der Waals surface area contributed by atoms with Crippen molar-refractivity contribution in [1.29, 1.82) is 0 Å². The minimum atomic E-state index is 0.0523. The Morgan fingerprint density at radius 3 is 2.30 bits per heavy atom. The Bertz CT molecular complexity index is 686. The van der Waals surface area contributed by atoms with Crippen LogP contribution in [0.3, 0.4) is 0 Å². The minimum absolute atomic E-state index is 0.0523. The van der Waals surface area contributed by atoms with Gasteiger partial charge in [-0.25, -0.2) is 0 Å². The number of unbranched alkanes of at least 4 members (excludes halogenated alkanes) is 7. The third-order valence-corrected chi connectivity index (χ3v) is 10.9. The van der Waals surface area contributed by atoms with Gasteiger partial charge in [0.15, 0.2) is 0 Å². The van der Waals surface area contributed by atoms with Crippen LogP contribution in [0.5, 0.6) is 0 Å². The summed E-state index contributed by atoms with van der Waals surface area (Å²) in [5.41, 5.74) is 0.535. The van der Waals surface area contributed by atoms with Crippen molar-refractivity contribution in [2.24, 2.45) is 34.5 Å². The molecule has 0 aromatic rings. The highest BCUT2D eigenvalue weighted by Crippen LogP contribution is 2.66. The number of fused-ring (bicyclic) bond motifs is 5. The van der Waals surface area contributed by atoms with Gasteiger partial charge in [-0.05, 0) is 80.5 Å². The van der Waals surface area contributed by atoms with E-state index in [4.69, 9.17) is 4.74 Å². The van der Waals surface area contributed by atoms with Crippen molar-refractivity contribution >= 4 is 11.8 Å². The lowest BCUT2D eigenvalue weighted by molar-refractivity contribution is -0.164.